The van der Waals surface area contributed by atoms with Crippen molar-refractivity contribution in [1.82, 2.24) is 14.6 Å². The Kier molecular flexibility index (Phi) is 2.45. The number of hydrogen-bond donors (Lipinski definition) is 0. The highest BCUT2D eigenvalue weighted by atomic mass is 32.1. The lowest BCUT2D eigenvalue weighted by atomic mass is 10.1. The summed E-state index contributed by atoms with van der Waals surface area (Å²) in [6.45, 7) is 0. The molecule has 0 radical (unpaired) electrons. The Labute approximate surface area is 102 Å². The number of thiophene rings is 1. The zero-order chi connectivity index (χ0) is 11.7. The van der Waals surface area contributed by atoms with E-state index in [1.165, 1.54) is 0 Å². The van der Waals surface area contributed by atoms with Crippen molar-refractivity contribution in [2.24, 2.45) is 0 Å². The number of hydrogen-bond acceptors (Lipinski definition) is 4. The highest BCUT2D eigenvalue weighted by Gasteiger charge is 2.13. The first kappa shape index (κ1) is 10.2. The molecule has 0 spiro atoms. The molecule has 0 aliphatic rings. The van der Waals surface area contributed by atoms with Gasteiger partial charge in [-0.25, -0.2) is 4.52 Å². The summed E-state index contributed by atoms with van der Waals surface area (Å²) in [5.74, 6) is 0.0754. The van der Waals surface area contributed by atoms with Crippen molar-refractivity contribution in [3.05, 3.63) is 52.7 Å². The third-order valence-electron chi connectivity index (χ3n) is 2.57. The molecule has 0 aromatic carbocycles. The molecule has 3 aromatic heterocycles. The molecule has 5 heteroatoms. The van der Waals surface area contributed by atoms with Crippen molar-refractivity contribution in [2.45, 2.75) is 6.42 Å². The van der Waals surface area contributed by atoms with E-state index < -0.39 is 0 Å². The number of Topliss-reactive ketones (excluding diaryl/α,β-unsaturated/α-hetero) is 1. The van der Waals surface area contributed by atoms with Gasteiger partial charge in [0.1, 0.15) is 0 Å². The van der Waals surface area contributed by atoms with Crippen LogP contribution in [0.4, 0.5) is 0 Å². The van der Waals surface area contributed by atoms with Crippen LogP contribution in [0.3, 0.4) is 0 Å². The first-order valence-electron chi connectivity index (χ1n) is 5.16. The summed E-state index contributed by atoms with van der Waals surface area (Å²) < 4.78 is 1.66. The van der Waals surface area contributed by atoms with Crippen molar-refractivity contribution < 1.29 is 4.79 Å². The fraction of sp³-hybridized carbons (Fsp3) is 0.0833. The van der Waals surface area contributed by atoms with Crippen LogP contribution in [0.2, 0.25) is 0 Å². The van der Waals surface area contributed by atoms with Crippen molar-refractivity contribution in [3.8, 4) is 0 Å². The first-order chi connectivity index (χ1) is 8.34. The molecule has 0 saturated heterocycles. The minimum Gasteiger partial charge on any atom is -0.294 e. The van der Waals surface area contributed by atoms with Crippen molar-refractivity contribution in [2.75, 3.05) is 0 Å². The summed E-state index contributed by atoms with van der Waals surface area (Å²) in [6.07, 6.45) is 7.06. The van der Waals surface area contributed by atoms with E-state index in [2.05, 4.69) is 10.1 Å². The van der Waals surface area contributed by atoms with Crippen molar-refractivity contribution in [3.63, 3.8) is 0 Å². The number of rotatable bonds is 3. The lowest BCUT2D eigenvalue weighted by molar-refractivity contribution is 0.0994. The minimum absolute atomic E-state index is 0.0754. The predicted molar refractivity (Wildman–Crippen MR) is 65.3 cm³/mol. The first-order valence-corrected chi connectivity index (χ1v) is 6.10. The van der Waals surface area contributed by atoms with E-state index in [0.717, 1.165) is 11.1 Å². The summed E-state index contributed by atoms with van der Waals surface area (Å²) >= 11 is 1.60. The third kappa shape index (κ3) is 1.85. The zero-order valence-corrected chi connectivity index (χ0v) is 9.72. The van der Waals surface area contributed by atoms with Gasteiger partial charge in [0.25, 0.3) is 0 Å². The van der Waals surface area contributed by atoms with Gasteiger partial charge in [-0.05, 0) is 22.4 Å². The highest BCUT2D eigenvalue weighted by Crippen LogP contribution is 2.14. The zero-order valence-electron chi connectivity index (χ0n) is 8.91. The molecule has 0 unspecified atom stereocenters. The number of nitrogens with zero attached hydrogens (tertiary/aromatic N) is 3. The van der Waals surface area contributed by atoms with E-state index in [1.807, 2.05) is 16.8 Å². The Balaban J connectivity index is 1.96. The standard InChI is InChI=1S/C12H9N3OS/c16-12(5-9-1-4-17-8-9)10-6-14-15-3-2-13-7-11(10)15/h1-4,6-8H,5H2. The molecule has 0 atom stereocenters. The Morgan fingerprint density at radius 3 is 3.18 bits per heavy atom. The van der Waals surface area contributed by atoms with E-state index in [-0.39, 0.29) is 5.78 Å². The van der Waals surface area contributed by atoms with E-state index in [1.54, 1.807) is 40.6 Å². The molecule has 3 rings (SSSR count). The average Bonchev–Trinajstić information content (AvgIpc) is 2.96. The maximum atomic E-state index is 12.1. The lowest BCUT2D eigenvalue weighted by Gasteiger charge is -1.96. The van der Waals surface area contributed by atoms with Gasteiger partial charge in [0.05, 0.1) is 23.5 Å². The summed E-state index contributed by atoms with van der Waals surface area (Å²) in [5.41, 5.74) is 2.43. The Bertz CT molecular complexity index is 657. The third-order valence-corrected chi connectivity index (χ3v) is 3.30. The number of ketones is 1. The quantitative estimate of drug-likeness (QED) is 0.663. The number of carbonyl (C=O) groups is 1. The minimum atomic E-state index is 0.0754. The molecule has 0 bridgehead atoms. The second-order valence-electron chi connectivity index (χ2n) is 3.70. The Morgan fingerprint density at radius 2 is 2.35 bits per heavy atom. The van der Waals surface area contributed by atoms with E-state index in [9.17, 15) is 4.79 Å². The fourth-order valence-corrected chi connectivity index (χ4v) is 2.39. The molecular weight excluding hydrogens is 234 g/mol. The van der Waals surface area contributed by atoms with Crippen LogP contribution in [-0.2, 0) is 6.42 Å². The smallest absolute Gasteiger partial charge is 0.171 e. The summed E-state index contributed by atoms with van der Waals surface area (Å²) in [6, 6.07) is 1.96. The van der Waals surface area contributed by atoms with Gasteiger partial charge in [-0.1, -0.05) is 0 Å². The molecule has 3 heterocycles. The predicted octanol–water partition coefficient (Wildman–Crippen LogP) is 2.22. The normalized spacial score (nSPS) is 10.8. The van der Waals surface area contributed by atoms with Crippen molar-refractivity contribution >= 4 is 22.6 Å². The van der Waals surface area contributed by atoms with Crippen LogP contribution in [0.1, 0.15) is 15.9 Å². The van der Waals surface area contributed by atoms with Crippen LogP contribution in [0.15, 0.2) is 41.6 Å². The second-order valence-corrected chi connectivity index (χ2v) is 4.48. The molecule has 4 nitrogen and oxygen atoms in total. The Morgan fingerprint density at radius 1 is 1.41 bits per heavy atom. The van der Waals surface area contributed by atoms with Crippen LogP contribution in [0, 0.1) is 0 Å². The SMILES string of the molecule is O=C(Cc1ccsc1)c1cnn2ccncc12. The van der Waals surface area contributed by atoms with E-state index in [4.69, 9.17) is 0 Å². The Hall–Kier alpha value is -2.01. The summed E-state index contributed by atoms with van der Waals surface area (Å²) in [4.78, 5) is 16.1. The number of fused-ring (bicyclic) bond motifs is 1. The molecule has 0 saturated carbocycles. The van der Waals surface area contributed by atoms with Gasteiger partial charge in [-0.3, -0.25) is 9.78 Å². The maximum absolute atomic E-state index is 12.1. The van der Waals surface area contributed by atoms with Crippen LogP contribution < -0.4 is 0 Å². The van der Waals surface area contributed by atoms with Crippen LogP contribution in [-0.4, -0.2) is 20.4 Å². The highest BCUT2D eigenvalue weighted by molar-refractivity contribution is 7.08. The van der Waals surface area contributed by atoms with E-state index in [0.29, 0.717) is 12.0 Å². The topological polar surface area (TPSA) is 47.3 Å². The van der Waals surface area contributed by atoms with E-state index >= 15 is 0 Å². The molecule has 0 amide bonds. The number of carbonyl (C=O) groups excluding carboxylic acids is 1. The molecule has 0 fully saturated rings. The second kappa shape index (κ2) is 4.10. The van der Waals surface area contributed by atoms with Crippen molar-refractivity contribution in [1.29, 1.82) is 0 Å². The summed E-state index contributed by atoms with van der Waals surface area (Å²) in [7, 11) is 0. The van der Waals surface area contributed by atoms with Gasteiger partial charge in [0.2, 0.25) is 0 Å². The van der Waals surface area contributed by atoms with Crippen LogP contribution in [0.5, 0.6) is 0 Å². The molecule has 0 aliphatic carbocycles. The molecule has 17 heavy (non-hydrogen) atoms. The monoisotopic (exact) mass is 243 g/mol. The van der Waals surface area contributed by atoms with Gasteiger partial charge < -0.3 is 0 Å². The average molecular weight is 243 g/mol. The molecule has 84 valence electrons. The molecule has 0 aliphatic heterocycles. The molecular formula is C12H9N3OS. The molecule has 0 N–H and O–H groups in total. The van der Waals surface area contributed by atoms with Crippen LogP contribution in [0.25, 0.3) is 5.52 Å². The van der Waals surface area contributed by atoms with Gasteiger partial charge in [0.15, 0.2) is 5.78 Å². The van der Waals surface area contributed by atoms with Gasteiger partial charge >= 0.3 is 0 Å². The maximum Gasteiger partial charge on any atom is 0.171 e. The number of aromatic nitrogens is 3. The largest absolute Gasteiger partial charge is 0.294 e. The summed E-state index contributed by atoms with van der Waals surface area (Å²) in [5, 5.41) is 8.09. The molecule has 3 aromatic rings. The van der Waals surface area contributed by atoms with Gasteiger partial charge in [0, 0.05) is 18.8 Å². The lowest BCUT2D eigenvalue weighted by Crippen LogP contribution is -2.02. The van der Waals surface area contributed by atoms with Crippen LogP contribution >= 0.6 is 11.3 Å². The van der Waals surface area contributed by atoms with Gasteiger partial charge in [-0.2, -0.15) is 16.4 Å². The fourth-order valence-electron chi connectivity index (χ4n) is 1.72. The van der Waals surface area contributed by atoms with Gasteiger partial charge in [-0.15, -0.1) is 0 Å².